The van der Waals surface area contributed by atoms with E-state index in [9.17, 15) is 8.42 Å². The van der Waals surface area contributed by atoms with E-state index in [1.807, 2.05) is 25.1 Å². The summed E-state index contributed by atoms with van der Waals surface area (Å²) in [6.45, 7) is 2.43. The van der Waals surface area contributed by atoms with E-state index in [-0.39, 0.29) is 10.0 Å². The lowest BCUT2D eigenvalue weighted by atomic mass is 10.3. The predicted octanol–water partition coefficient (Wildman–Crippen LogP) is 3.73. The van der Waals surface area contributed by atoms with Gasteiger partial charge in [0.15, 0.2) is 0 Å². The van der Waals surface area contributed by atoms with E-state index in [0.717, 1.165) is 12.8 Å². The molecule has 1 heterocycles. The fourth-order valence-corrected chi connectivity index (χ4v) is 3.90. The second-order valence-electron chi connectivity index (χ2n) is 4.56. The monoisotopic (exact) mass is 324 g/mol. The molecule has 4 nitrogen and oxygen atoms in total. The van der Waals surface area contributed by atoms with Crippen molar-refractivity contribution in [2.24, 2.45) is 0 Å². The summed E-state index contributed by atoms with van der Waals surface area (Å²) in [5.41, 5.74) is 0.630. The number of halogens is 1. The van der Waals surface area contributed by atoms with Gasteiger partial charge >= 0.3 is 0 Å². The molecular formula is C15H17ClN2O2S. The summed E-state index contributed by atoms with van der Waals surface area (Å²) in [5, 5.41) is -0.00469. The normalized spacial score (nSPS) is 11.3. The first-order valence-electron chi connectivity index (χ1n) is 6.75. The molecule has 0 aliphatic carbocycles. The maximum Gasteiger partial charge on any atom is 0.267 e. The second kappa shape index (κ2) is 6.91. The Morgan fingerprint density at radius 3 is 2.48 bits per heavy atom. The summed E-state index contributed by atoms with van der Waals surface area (Å²) >= 11 is 5.96. The van der Waals surface area contributed by atoms with Crippen LogP contribution < -0.4 is 4.31 Å². The SMILES string of the molecule is CCCCN(c1ccccc1)S(=O)(=O)c1cccnc1Cl. The fraction of sp³-hybridized carbons (Fsp3) is 0.267. The lowest BCUT2D eigenvalue weighted by Gasteiger charge is -2.24. The van der Waals surface area contributed by atoms with Crippen molar-refractivity contribution < 1.29 is 8.42 Å². The highest BCUT2D eigenvalue weighted by molar-refractivity contribution is 7.93. The van der Waals surface area contributed by atoms with Crippen LogP contribution >= 0.6 is 11.6 Å². The van der Waals surface area contributed by atoms with Crippen molar-refractivity contribution in [3.05, 3.63) is 53.8 Å². The highest BCUT2D eigenvalue weighted by atomic mass is 35.5. The number of pyridine rings is 1. The molecule has 112 valence electrons. The van der Waals surface area contributed by atoms with E-state index in [0.29, 0.717) is 12.2 Å². The fourth-order valence-electron chi connectivity index (χ4n) is 1.97. The van der Waals surface area contributed by atoms with Crippen molar-refractivity contribution in [1.29, 1.82) is 0 Å². The van der Waals surface area contributed by atoms with Gasteiger partial charge in [-0.3, -0.25) is 4.31 Å². The average molecular weight is 325 g/mol. The first kappa shape index (κ1) is 15.8. The molecule has 0 amide bonds. The zero-order valence-corrected chi connectivity index (χ0v) is 13.3. The van der Waals surface area contributed by atoms with Gasteiger partial charge in [0.05, 0.1) is 5.69 Å². The molecule has 1 aromatic carbocycles. The van der Waals surface area contributed by atoms with Crippen molar-refractivity contribution in [2.45, 2.75) is 24.7 Å². The first-order valence-corrected chi connectivity index (χ1v) is 8.57. The number of nitrogens with zero attached hydrogens (tertiary/aromatic N) is 2. The maximum atomic E-state index is 12.9. The number of rotatable bonds is 6. The Kier molecular flexibility index (Phi) is 5.20. The van der Waals surface area contributed by atoms with E-state index in [4.69, 9.17) is 11.6 Å². The number of sulfonamides is 1. The van der Waals surface area contributed by atoms with Gasteiger partial charge in [-0.25, -0.2) is 13.4 Å². The van der Waals surface area contributed by atoms with Crippen molar-refractivity contribution in [3.63, 3.8) is 0 Å². The Morgan fingerprint density at radius 1 is 1.14 bits per heavy atom. The lowest BCUT2D eigenvalue weighted by Crippen LogP contribution is -2.32. The molecule has 0 bridgehead atoms. The number of hydrogen-bond acceptors (Lipinski definition) is 3. The van der Waals surface area contributed by atoms with Crippen molar-refractivity contribution in [1.82, 2.24) is 4.98 Å². The van der Waals surface area contributed by atoms with E-state index >= 15 is 0 Å². The van der Waals surface area contributed by atoms with Crippen molar-refractivity contribution >= 4 is 27.3 Å². The summed E-state index contributed by atoms with van der Waals surface area (Å²) in [6, 6.07) is 12.1. The quantitative estimate of drug-likeness (QED) is 0.761. The Balaban J connectivity index is 2.48. The van der Waals surface area contributed by atoms with Gasteiger partial charge in [0, 0.05) is 12.7 Å². The van der Waals surface area contributed by atoms with E-state index in [1.54, 1.807) is 18.2 Å². The largest absolute Gasteiger partial charge is 0.267 e. The highest BCUT2D eigenvalue weighted by Crippen LogP contribution is 2.27. The van der Waals surface area contributed by atoms with Crippen molar-refractivity contribution in [2.75, 3.05) is 10.8 Å². The molecule has 0 N–H and O–H groups in total. The first-order chi connectivity index (χ1) is 10.1. The number of hydrogen-bond donors (Lipinski definition) is 0. The second-order valence-corrected chi connectivity index (χ2v) is 6.75. The van der Waals surface area contributed by atoms with Gasteiger partial charge < -0.3 is 0 Å². The molecule has 1 aromatic heterocycles. The molecule has 0 saturated carbocycles. The van der Waals surface area contributed by atoms with Crippen LogP contribution in [0.1, 0.15) is 19.8 Å². The third-order valence-electron chi connectivity index (χ3n) is 3.05. The van der Waals surface area contributed by atoms with Gasteiger partial charge in [-0.05, 0) is 30.7 Å². The maximum absolute atomic E-state index is 12.9. The number of anilines is 1. The molecule has 0 radical (unpaired) electrons. The van der Waals surface area contributed by atoms with Crippen LogP contribution in [0.5, 0.6) is 0 Å². The van der Waals surface area contributed by atoms with E-state index < -0.39 is 10.0 Å². The Hall–Kier alpha value is -1.59. The minimum absolute atomic E-state index is 0.00469. The van der Waals surface area contributed by atoms with Crippen LogP contribution in [-0.4, -0.2) is 19.9 Å². The molecule has 2 rings (SSSR count). The molecule has 2 aromatic rings. The zero-order valence-electron chi connectivity index (χ0n) is 11.7. The van der Waals surface area contributed by atoms with Crippen LogP contribution in [0.4, 0.5) is 5.69 Å². The summed E-state index contributed by atoms with van der Waals surface area (Å²) in [6.07, 6.45) is 3.14. The molecule has 0 saturated heterocycles. The minimum Gasteiger partial charge on any atom is -0.266 e. The average Bonchev–Trinajstić information content (AvgIpc) is 2.49. The topological polar surface area (TPSA) is 50.3 Å². The predicted molar refractivity (Wildman–Crippen MR) is 85.1 cm³/mol. The van der Waals surface area contributed by atoms with Gasteiger partial charge in [0.25, 0.3) is 10.0 Å². The van der Waals surface area contributed by atoms with Crippen molar-refractivity contribution in [3.8, 4) is 0 Å². The summed E-state index contributed by atoms with van der Waals surface area (Å²) in [7, 11) is -3.72. The minimum atomic E-state index is -3.72. The molecule has 6 heteroatoms. The smallest absolute Gasteiger partial charge is 0.266 e. The molecule has 0 spiro atoms. The molecule has 0 unspecified atom stereocenters. The van der Waals surface area contributed by atoms with Gasteiger partial charge in [-0.15, -0.1) is 0 Å². The number of aromatic nitrogens is 1. The summed E-state index contributed by atoms with van der Waals surface area (Å²) in [4.78, 5) is 3.90. The van der Waals surface area contributed by atoms with Gasteiger partial charge in [0.1, 0.15) is 10.0 Å². The van der Waals surface area contributed by atoms with Crippen LogP contribution in [-0.2, 0) is 10.0 Å². The van der Waals surface area contributed by atoms with Crippen LogP contribution in [0.15, 0.2) is 53.6 Å². The Bertz CT molecular complexity index is 690. The van der Waals surface area contributed by atoms with E-state index in [1.165, 1.54) is 16.6 Å². The van der Waals surface area contributed by atoms with Crippen LogP contribution in [0.3, 0.4) is 0 Å². The zero-order chi connectivity index (χ0) is 15.3. The Labute approximate surface area is 130 Å². The van der Waals surface area contributed by atoms with Crippen LogP contribution in [0, 0.1) is 0 Å². The highest BCUT2D eigenvalue weighted by Gasteiger charge is 2.27. The molecule has 0 atom stereocenters. The summed E-state index contributed by atoms with van der Waals surface area (Å²) in [5.74, 6) is 0. The van der Waals surface area contributed by atoms with Crippen LogP contribution in [0.2, 0.25) is 5.15 Å². The standard InChI is InChI=1S/C15H17ClN2O2S/c1-2-3-12-18(13-8-5-4-6-9-13)21(19,20)14-10-7-11-17-15(14)16/h4-11H,2-3,12H2,1H3. The number of benzene rings is 1. The molecule has 0 aliphatic heterocycles. The van der Waals surface area contributed by atoms with Gasteiger partial charge in [-0.1, -0.05) is 43.1 Å². The lowest BCUT2D eigenvalue weighted by molar-refractivity contribution is 0.588. The third-order valence-corrected chi connectivity index (χ3v) is 5.32. The molecular weight excluding hydrogens is 308 g/mol. The molecule has 0 fully saturated rings. The Morgan fingerprint density at radius 2 is 1.86 bits per heavy atom. The third kappa shape index (κ3) is 3.54. The molecule has 0 aliphatic rings. The number of unbranched alkanes of at least 4 members (excludes halogenated alkanes) is 1. The van der Waals surface area contributed by atoms with Gasteiger partial charge in [-0.2, -0.15) is 0 Å². The van der Waals surface area contributed by atoms with Gasteiger partial charge in [0.2, 0.25) is 0 Å². The van der Waals surface area contributed by atoms with Crippen LogP contribution in [0.25, 0.3) is 0 Å². The number of para-hydroxylation sites is 1. The summed E-state index contributed by atoms with van der Waals surface area (Å²) < 4.78 is 27.1. The van der Waals surface area contributed by atoms with E-state index in [2.05, 4.69) is 4.98 Å². The molecule has 21 heavy (non-hydrogen) atoms.